The molecular formula is C18H25NS. The molecule has 0 aliphatic rings. The van der Waals surface area contributed by atoms with Crippen LogP contribution in [-0.4, -0.2) is 13.1 Å². The van der Waals surface area contributed by atoms with E-state index in [0.29, 0.717) is 0 Å². The molecule has 1 unspecified atom stereocenters. The minimum atomic E-state index is 0.722. The van der Waals surface area contributed by atoms with Gasteiger partial charge in [-0.05, 0) is 62.2 Å². The molecule has 0 aliphatic heterocycles. The van der Waals surface area contributed by atoms with Crippen LogP contribution in [0.5, 0.6) is 0 Å². The van der Waals surface area contributed by atoms with Crippen molar-refractivity contribution in [3.05, 3.63) is 57.8 Å². The van der Waals surface area contributed by atoms with E-state index in [9.17, 15) is 0 Å². The molecule has 0 fully saturated rings. The van der Waals surface area contributed by atoms with Crippen LogP contribution in [0.15, 0.2) is 41.8 Å². The van der Waals surface area contributed by atoms with Gasteiger partial charge in [0.25, 0.3) is 0 Å². The molecule has 2 aromatic rings. The fraction of sp³-hybridized carbons (Fsp3) is 0.444. The number of aryl methyl sites for hydroxylation is 2. The first-order chi connectivity index (χ1) is 9.78. The zero-order valence-corrected chi connectivity index (χ0v) is 13.4. The third-order valence-electron chi connectivity index (χ3n) is 3.71. The first-order valence-electron chi connectivity index (χ1n) is 7.56. The van der Waals surface area contributed by atoms with Gasteiger partial charge in [0.2, 0.25) is 0 Å². The molecule has 1 N–H and O–H groups in total. The fourth-order valence-electron chi connectivity index (χ4n) is 2.48. The molecule has 1 aromatic carbocycles. The summed E-state index contributed by atoms with van der Waals surface area (Å²) in [6.45, 7) is 6.51. The van der Waals surface area contributed by atoms with E-state index in [1.54, 1.807) is 0 Å². The molecule has 1 atom stereocenters. The van der Waals surface area contributed by atoms with Crippen molar-refractivity contribution in [2.24, 2.45) is 5.92 Å². The summed E-state index contributed by atoms with van der Waals surface area (Å²) in [4.78, 5) is 1.51. The maximum atomic E-state index is 3.51. The monoisotopic (exact) mass is 287 g/mol. The molecule has 1 nitrogen and oxygen atoms in total. The summed E-state index contributed by atoms with van der Waals surface area (Å²) in [5.41, 5.74) is 2.81. The summed E-state index contributed by atoms with van der Waals surface area (Å²) >= 11 is 1.88. The van der Waals surface area contributed by atoms with E-state index in [4.69, 9.17) is 0 Å². The van der Waals surface area contributed by atoms with E-state index in [2.05, 4.69) is 60.9 Å². The van der Waals surface area contributed by atoms with E-state index < -0.39 is 0 Å². The van der Waals surface area contributed by atoms with Crippen molar-refractivity contribution >= 4 is 11.3 Å². The number of thiophene rings is 1. The van der Waals surface area contributed by atoms with Crippen LogP contribution >= 0.6 is 11.3 Å². The SMILES string of the molecule is CCNCC(CCc1cccs1)Cc1ccc(C)cc1. The number of benzene rings is 1. The van der Waals surface area contributed by atoms with Gasteiger partial charge in [0.15, 0.2) is 0 Å². The Morgan fingerprint density at radius 3 is 2.60 bits per heavy atom. The average molecular weight is 287 g/mol. The summed E-state index contributed by atoms with van der Waals surface area (Å²) < 4.78 is 0. The van der Waals surface area contributed by atoms with Crippen LogP contribution in [0, 0.1) is 12.8 Å². The van der Waals surface area contributed by atoms with Gasteiger partial charge in [0, 0.05) is 4.88 Å². The highest BCUT2D eigenvalue weighted by Crippen LogP contribution is 2.18. The molecule has 1 heterocycles. The summed E-state index contributed by atoms with van der Waals surface area (Å²) in [6.07, 6.45) is 3.65. The minimum Gasteiger partial charge on any atom is -0.317 e. The second-order valence-corrected chi connectivity index (χ2v) is 6.51. The van der Waals surface area contributed by atoms with Gasteiger partial charge >= 0.3 is 0 Å². The van der Waals surface area contributed by atoms with Crippen molar-refractivity contribution in [2.75, 3.05) is 13.1 Å². The number of rotatable bonds is 8. The Bertz CT molecular complexity index is 473. The summed E-state index contributed by atoms with van der Waals surface area (Å²) in [5.74, 6) is 0.722. The lowest BCUT2D eigenvalue weighted by Crippen LogP contribution is -2.24. The van der Waals surface area contributed by atoms with E-state index in [0.717, 1.165) is 19.0 Å². The Balaban J connectivity index is 1.90. The van der Waals surface area contributed by atoms with Crippen LogP contribution in [0.3, 0.4) is 0 Å². The normalized spacial score (nSPS) is 12.5. The van der Waals surface area contributed by atoms with Crippen molar-refractivity contribution in [2.45, 2.75) is 33.1 Å². The number of hydrogen-bond acceptors (Lipinski definition) is 2. The number of hydrogen-bond donors (Lipinski definition) is 1. The van der Waals surface area contributed by atoms with Crippen LogP contribution < -0.4 is 5.32 Å². The van der Waals surface area contributed by atoms with Gasteiger partial charge in [0.05, 0.1) is 0 Å². The summed E-state index contributed by atoms with van der Waals surface area (Å²) in [6, 6.07) is 13.4. The van der Waals surface area contributed by atoms with Gasteiger partial charge < -0.3 is 5.32 Å². The Morgan fingerprint density at radius 1 is 1.15 bits per heavy atom. The Hall–Kier alpha value is -1.12. The molecule has 0 amide bonds. The Kier molecular flexibility index (Phi) is 6.28. The predicted octanol–water partition coefficient (Wildman–Crippen LogP) is 4.46. The van der Waals surface area contributed by atoms with Crippen molar-refractivity contribution in [3.63, 3.8) is 0 Å². The van der Waals surface area contributed by atoms with Gasteiger partial charge in [-0.25, -0.2) is 0 Å². The van der Waals surface area contributed by atoms with Crippen molar-refractivity contribution < 1.29 is 0 Å². The van der Waals surface area contributed by atoms with Crippen LogP contribution in [-0.2, 0) is 12.8 Å². The van der Waals surface area contributed by atoms with E-state index in [1.807, 2.05) is 11.3 Å². The van der Waals surface area contributed by atoms with Gasteiger partial charge in [-0.15, -0.1) is 11.3 Å². The second kappa shape index (κ2) is 8.23. The first kappa shape index (κ1) is 15.3. The Labute approximate surface area is 127 Å². The second-order valence-electron chi connectivity index (χ2n) is 5.48. The smallest absolute Gasteiger partial charge is 0.00453 e. The Morgan fingerprint density at radius 2 is 1.95 bits per heavy atom. The molecule has 0 saturated carbocycles. The third-order valence-corrected chi connectivity index (χ3v) is 4.64. The molecular weight excluding hydrogens is 262 g/mol. The van der Waals surface area contributed by atoms with Crippen LogP contribution in [0.25, 0.3) is 0 Å². The van der Waals surface area contributed by atoms with Gasteiger partial charge in [0.1, 0.15) is 0 Å². The largest absolute Gasteiger partial charge is 0.317 e. The molecule has 1 aromatic heterocycles. The summed E-state index contributed by atoms with van der Waals surface area (Å²) in [7, 11) is 0. The molecule has 0 spiro atoms. The average Bonchev–Trinajstić information content (AvgIpc) is 2.97. The van der Waals surface area contributed by atoms with E-state index in [1.165, 1.54) is 35.3 Å². The molecule has 108 valence electrons. The van der Waals surface area contributed by atoms with Gasteiger partial charge in [-0.2, -0.15) is 0 Å². The fourth-order valence-corrected chi connectivity index (χ4v) is 3.21. The highest BCUT2D eigenvalue weighted by atomic mass is 32.1. The van der Waals surface area contributed by atoms with Gasteiger partial charge in [-0.3, -0.25) is 0 Å². The van der Waals surface area contributed by atoms with Crippen LogP contribution in [0.4, 0.5) is 0 Å². The standard InChI is InChI=1S/C18H25NS/c1-3-19-14-17(10-11-18-5-4-12-20-18)13-16-8-6-15(2)7-9-16/h4-9,12,17,19H,3,10-11,13-14H2,1-2H3. The highest BCUT2D eigenvalue weighted by Gasteiger charge is 2.10. The van der Waals surface area contributed by atoms with E-state index in [-0.39, 0.29) is 0 Å². The molecule has 0 saturated heterocycles. The van der Waals surface area contributed by atoms with Gasteiger partial charge in [-0.1, -0.05) is 42.8 Å². The zero-order valence-electron chi connectivity index (χ0n) is 12.6. The maximum absolute atomic E-state index is 3.51. The molecule has 20 heavy (non-hydrogen) atoms. The first-order valence-corrected chi connectivity index (χ1v) is 8.44. The lowest BCUT2D eigenvalue weighted by atomic mass is 9.94. The number of nitrogens with one attached hydrogen (secondary N) is 1. The maximum Gasteiger partial charge on any atom is 0.00453 e. The molecule has 0 radical (unpaired) electrons. The molecule has 2 heteroatoms. The molecule has 2 rings (SSSR count). The molecule has 0 bridgehead atoms. The topological polar surface area (TPSA) is 12.0 Å². The van der Waals surface area contributed by atoms with Crippen molar-refractivity contribution in [1.82, 2.24) is 5.32 Å². The third kappa shape index (κ3) is 5.10. The van der Waals surface area contributed by atoms with Crippen molar-refractivity contribution in [3.8, 4) is 0 Å². The van der Waals surface area contributed by atoms with Crippen LogP contribution in [0.1, 0.15) is 29.3 Å². The predicted molar refractivity (Wildman–Crippen MR) is 89.6 cm³/mol. The van der Waals surface area contributed by atoms with E-state index >= 15 is 0 Å². The zero-order chi connectivity index (χ0) is 14.2. The molecule has 0 aliphatic carbocycles. The van der Waals surface area contributed by atoms with Crippen molar-refractivity contribution in [1.29, 1.82) is 0 Å². The lowest BCUT2D eigenvalue weighted by Gasteiger charge is -2.17. The summed E-state index contributed by atoms with van der Waals surface area (Å²) in [5, 5.41) is 5.69. The highest BCUT2D eigenvalue weighted by molar-refractivity contribution is 7.09. The quantitative estimate of drug-likeness (QED) is 0.756. The minimum absolute atomic E-state index is 0.722. The lowest BCUT2D eigenvalue weighted by molar-refractivity contribution is 0.450. The van der Waals surface area contributed by atoms with Crippen LogP contribution in [0.2, 0.25) is 0 Å².